The molecule has 0 aromatic rings. The van der Waals surface area contributed by atoms with Gasteiger partial charge in [0, 0.05) is 6.42 Å². The molecule has 98 heavy (non-hydrogen) atoms. The summed E-state index contributed by atoms with van der Waals surface area (Å²) in [6.07, 6.45) is 43.6. The maximum atomic E-state index is 13.5. The first-order valence-corrected chi connectivity index (χ1v) is 41.3. The summed E-state index contributed by atoms with van der Waals surface area (Å²) in [6.45, 7) is 1.86. The fraction of sp³-hybridized carbons (Fsp3) is 0.987. The fourth-order valence-corrected chi connectivity index (χ4v) is 14.6. The van der Waals surface area contributed by atoms with Crippen LogP contribution in [0.3, 0.4) is 0 Å². The normalized spacial score (nSPS) is 26.6. The van der Waals surface area contributed by atoms with Gasteiger partial charge in [-0.15, -0.1) is 0 Å². The van der Waals surface area contributed by atoms with E-state index in [1.807, 2.05) is 0 Å². The summed E-state index contributed by atoms with van der Waals surface area (Å²) in [6, 6.07) is -0.883. The lowest BCUT2D eigenvalue weighted by Crippen LogP contribution is -2.66. The molecule has 17 atom stereocenters. The summed E-state index contributed by atoms with van der Waals surface area (Å²) in [5, 5.41) is 121. The lowest BCUT2D eigenvalue weighted by molar-refractivity contribution is -0.379. The average Bonchev–Trinajstić information content (AvgIpc) is 0.784. The Morgan fingerprint density at radius 2 is 0.582 bits per heavy atom. The third-order valence-corrected chi connectivity index (χ3v) is 21.2. The van der Waals surface area contributed by atoms with Crippen molar-refractivity contribution in [1.82, 2.24) is 5.32 Å². The first kappa shape index (κ1) is 91.0. The molecule has 19 nitrogen and oxygen atoms in total. The summed E-state index contributed by atoms with van der Waals surface area (Å²) in [7, 11) is 0. The van der Waals surface area contributed by atoms with Gasteiger partial charge in [0.1, 0.15) is 73.2 Å². The number of carbonyl (C=O) groups is 1. The molecule has 0 saturated carbocycles. The lowest BCUT2D eigenvalue weighted by Gasteiger charge is -2.48. The Morgan fingerprint density at radius 3 is 0.888 bits per heavy atom. The standard InChI is InChI=1S/C79H153NO18/c1-3-5-7-9-11-13-15-17-19-21-22-23-24-25-26-27-28-29-30-31-32-33-34-35-36-37-38-39-41-43-45-47-49-51-53-55-57-67(85)80-62(63(84)56-54-52-50-48-46-44-42-40-20-18-16-14-12-10-8-6-4-2)61-93-77-73(91)70(88)75(65(59-82)95-77)98-79-74(92)71(89)76(66(60-83)96-79)97-78-72(90)69(87)68(86)64(58-81)94-78/h62-66,68-79,81-84,86-92H,3-61H2,1-2H3,(H,80,85). The average molecular weight is 1410 g/mol. The van der Waals surface area contributed by atoms with E-state index in [-0.39, 0.29) is 18.9 Å². The molecule has 3 heterocycles. The van der Waals surface area contributed by atoms with Gasteiger partial charge >= 0.3 is 0 Å². The van der Waals surface area contributed by atoms with Crippen molar-refractivity contribution in [3.05, 3.63) is 0 Å². The van der Waals surface area contributed by atoms with Gasteiger partial charge in [-0.25, -0.2) is 0 Å². The maximum absolute atomic E-state index is 13.5. The first-order chi connectivity index (χ1) is 47.8. The number of nitrogens with one attached hydrogen (secondary N) is 1. The van der Waals surface area contributed by atoms with Crippen molar-refractivity contribution in [2.75, 3.05) is 26.4 Å². The van der Waals surface area contributed by atoms with Crippen LogP contribution in [0.4, 0.5) is 0 Å². The summed E-state index contributed by atoms with van der Waals surface area (Å²) < 4.78 is 34.5. The van der Waals surface area contributed by atoms with Gasteiger partial charge in [0.15, 0.2) is 18.9 Å². The smallest absolute Gasteiger partial charge is 0.220 e. The van der Waals surface area contributed by atoms with Crippen LogP contribution in [0.1, 0.15) is 367 Å². The molecule has 0 aromatic carbocycles. The number of hydrogen-bond acceptors (Lipinski definition) is 18. The van der Waals surface area contributed by atoms with Gasteiger partial charge in [-0.2, -0.15) is 0 Å². The Balaban J connectivity index is 1.30. The SMILES string of the molecule is CCCCCCCCCCCCCCCCCCCCCCCCCCCCCCCCCCCCCCC(=O)NC(COC1OC(CO)C(OC2OC(CO)C(OC3OC(CO)C(O)C(O)C3O)C(O)C2O)C(O)C1O)C(O)CCCCCCCCCCCCCCCCCCC. The molecule has 3 aliphatic heterocycles. The summed E-state index contributed by atoms with van der Waals surface area (Å²) in [5.41, 5.74) is 0. The second-order valence-corrected chi connectivity index (χ2v) is 30.0. The molecule has 3 rings (SSSR count). The number of amides is 1. The molecule has 1 amide bonds. The van der Waals surface area contributed by atoms with Crippen molar-refractivity contribution in [3.63, 3.8) is 0 Å². The minimum atomic E-state index is -1.97. The number of carbonyl (C=O) groups excluding carboxylic acids is 1. The van der Waals surface area contributed by atoms with E-state index in [0.717, 1.165) is 44.9 Å². The zero-order chi connectivity index (χ0) is 71.1. The van der Waals surface area contributed by atoms with Crippen molar-refractivity contribution in [2.24, 2.45) is 0 Å². The monoisotopic (exact) mass is 1400 g/mol. The highest BCUT2D eigenvalue weighted by Crippen LogP contribution is 2.33. The van der Waals surface area contributed by atoms with Gasteiger partial charge in [-0.05, 0) is 12.8 Å². The summed E-state index contributed by atoms with van der Waals surface area (Å²) in [5.74, 6) is -0.233. The van der Waals surface area contributed by atoms with Gasteiger partial charge < -0.3 is 89.9 Å². The number of aliphatic hydroxyl groups excluding tert-OH is 11. The third-order valence-electron chi connectivity index (χ3n) is 21.2. The van der Waals surface area contributed by atoms with Gasteiger partial charge in [0.05, 0.1) is 38.6 Å². The Morgan fingerprint density at radius 1 is 0.327 bits per heavy atom. The topological polar surface area (TPSA) is 307 Å². The zero-order valence-corrected chi connectivity index (χ0v) is 62.3. The number of unbranched alkanes of at least 4 members (excludes halogenated alkanes) is 51. The highest BCUT2D eigenvalue weighted by molar-refractivity contribution is 5.76. The Labute approximate surface area is 595 Å². The van der Waals surface area contributed by atoms with Crippen LogP contribution in [0.2, 0.25) is 0 Å². The minimum absolute atomic E-state index is 0.233. The molecular weight excluding hydrogens is 1250 g/mol. The molecule has 12 N–H and O–H groups in total. The number of hydrogen-bond donors (Lipinski definition) is 12. The minimum Gasteiger partial charge on any atom is -0.394 e. The Kier molecular flexibility index (Phi) is 56.6. The molecule has 17 unspecified atom stereocenters. The highest BCUT2D eigenvalue weighted by Gasteiger charge is 2.54. The molecule has 0 aliphatic carbocycles. The largest absolute Gasteiger partial charge is 0.394 e. The van der Waals surface area contributed by atoms with Crippen molar-refractivity contribution >= 4 is 5.91 Å². The van der Waals surface area contributed by atoms with Gasteiger partial charge in [-0.1, -0.05) is 348 Å². The molecule has 0 aromatic heterocycles. The predicted octanol–water partition coefficient (Wildman–Crippen LogP) is 13.8. The van der Waals surface area contributed by atoms with Crippen LogP contribution in [0.15, 0.2) is 0 Å². The van der Waals surface area contributed by atoms with E-state index in [2.05, 4.69) is 19.2 Å². The van der Waals surface area contributed by atoms with Crippen LogP contribution in [-0.4, -0.2) is 193 Å². The maximum Gasteiger partial charge on any atom is 0.220 e. The van der Waals surface area contributed by atoms with E-state index in [4.69, 9.17) is 28.4 Å². The van der Waals surface area contributed by atoms with Crippen molar-refractivity contribution in [2.45, 2.75) is 471 Å². The van der Waals surface area contributed by atoms with Crippen molar-refractivity contribution < 1.29 is 89.4 Å². The van der Waals surface area contributed by atoms with Gasteiger partial charge in [-0.3, -0.25) is 4.79 Å². The molecule has 582 valence electrons. The number of aliphatic hydroxyl groups is 11. The zero-order valence-electron chi connectivity index (χ0n) is 62.3. The van der Waals surface area contributed by atoms with Crippen molar-refractivity contribution in [1.29, 1.82) is 0 Å². The van der Waals surface area contributed by atoms with E-state index in [9.17, 15) is 61.0 Å². The third kappa shape index (κ3) is 40.9. The second kappa shape index (κ2) is 61.0. The second-order valence-electron chi connectivity index (χ2n) is 30.0. The first-order valence-electron chi connectivity index (χ1n) is 41.3. The molecule has 0 radical (unpaired) electrons. The van der Waals surface area contributed by atoms with Crippen LogP contribution in [0.25, 0.3) is 0 Å². The van der Waals surface area contributed by atoms with E-state index in [1.54, 1.807) is 0 Å². The molecular formula is C79H153NO18. The number of ether oxygens (including phenoxy) is 6. The molecule has 3 fully saturated rings. The van der Waals surface area contributed by atoms with Crippen LogP contribution < -0.4 is 5.32 Å². The predicted molar refractivity (Wildman–Crippen MR) is 388 cm³/mol. The van der Waals surface area contributed by atoms with Crippen LogP contribution in [-0.2, 0) is 33.2 Å². The molecule has 3 saturated heterocycles. The molecule has 0 spiro atoms. The quantitative estimate of drug-likeness (QED) is 0.0252. The van der Waals surface area contributed by atoms with E-state index in [1.165, 1.54) is 289 Å². The Bertz CT molecular complexity index is 1770. The molecule has 19 heteroatoms. The highest BCUT2D eigenvalue weighted by atomic mass is 16.8. The van der Waals surface area contributed by atoms with Crippen LogP contribution in [0, 0.1) is 0 Å². The molecule has 3 aliphatic rings. The van der Waals surface area contributed by atoms with Gasteiger partial charge in [0.25, 0.3) is 0 Å². The van der Waals surface area contributed by atoms with E-state index in [0.29, 0.717) is 12.8 Å². The van der Waals surface area contributed by atoms with Gasteiger partial charge in [0.2, 0.25) is 5.91 Å². The number of rotatable bonds is 67. The van der Waals surface area contributed by atoms with Crippen LogP contribution in [0.5, 0.6) is 0 Å². The molecule has 0 bridgehead atoms. The summed E-state index contributed by atoms with van der Waals surface area (Å²) >= 11 is 0. The van der Waals surface area contributed by atoms with E-state index < -0.39 is 124 Å². The van der Waals surface area contributed by atoms with Crippen LogP contribution >= 0.6 is 0 Å². The Hall–Kier alpha value is -1.21. The lowest BCUT2D eigenvalue weighted by atomic mass is 9.96. The fourth-order valence-electron chi connectivity index (χ4n) is 14.6. The van der Waals surface area contributed by atoms with Crippen molar-refractivity contribution in [3.8, 4) is 0 Å². The van der Waals surface area contributed by atoms with E-state index >= 15 is 0 Å². The summed E-state index contributed by atoms with van der Waals surface area (Å²) in [4.78, 5) is 13.5.